The van der Waals surface area contributed by atoms with Crippen LogP contribution in [0.3, 0.4) is 0 Å². The summed E-state index contributed by atoms with van der Waals surface area (Å²) in [6.45, 7) is 5.06. The van der Waals surface area contributed by atoms with Crippen molar-refractivity contribution in [3.05, 3.63) is 29.8 Å². The average Bonchev–Trinajstić information content (AvgIpc) is 2.39. The van der Waals surface area contributed by atoms with Crippen LogP contribution in [0.5, 0.6) is 0 Å². The van der Waals surface area contributed by atoms with Gasteiger partial charge in [-0.05, 0) is 23.6 Å². The number of methoxy groups -OCH3 is 1. The lowest BCUT2D eigenvalue weighted by Crippen LogP contribution is -2.30. The second kappa shape index (κ2) is 8.32. The van der Waals surface area contributed by atoms with E-state index < -0.39 is 0 Å². The molecule has 110 valence electrons. The Hall–Kier alpha value is -1.88. The van der Waals surface area contributed by atoms with Gasteiger partial charge in [0.25, 0.3) is 0 Å². The quantitative estimate of drug-likeness (QED) is 0.591. The van der Waals surface area contributed by atoms with Crippen LogP contribution in [0, 0.1) is 0 Å². The topological polar surface area (TPSA) is 67.4 Å². The molecule has 2 amide bonds. The molecule has 1 aromatic rings. The molecule has 0 bridgehead atoms. The molecule has 1 aromatic carbocycles. The SMILES string of the molecule is COCCNC(=O)CC(=O)Nc1ccc(C(C)C)cc1. The molecule has 0 spiro atoms. The molecule has 5 nitrogen and oxygen atoms in total. The van der Waals surface area contributed by atoms with Gasteiger partial charge in [0.15, 0.2) is 0 Å². The maximum Gasteiger partial charge on any atom is 0.233 e. The van der Waals surface area contributed by atoms with Gasteiger partial charge < -0.3 is 15.4 Å². The maximum atomic E-state index is 11.7. The summed E-state index contributed by atoms with van der Waals surface area (Å²) in [6.07, 6.45) is -0.185. The van der Waals surface area contributed by atoms with Crippen LogP contribution in [0.25, 0.3) is 0 Å². The molecule has 0 fully saturated rings. The van der Waals surface area contributed by atoms with Gasteiger partial charge in [0.2, 0.25) is 11.8 Å². The first kappa shape index (κ1) is 16.2. The summed E-state index contributed by atoms with van der Waals surface area (Å²) in [5.41, 5.74) is 1.91. The zero-order valence-corrected chi connectivity index (χ0v) is 12.2. The number of ether oxygens (including phenoxy) is 1. The summed E-state index contributed by atoms with van der Waals surface area (Å²) in [5.74, 6) is -0.179. The third kappa shape index (κ3) is 5.84. The van der Waals surface area contributed by atoms with E-state index in [9.17, 15) is 9.59 Å². The molecule has 0 atom stereocenters. The summed E-state index contributed by atoms with van der Waals surface area (Å²) >= 11 is 0. The lowest BCUT2D eigenvalue weighted by Gasteiger charge is -2.08. The van der Waals surface area contributed by atoms with Crippen molar-refractivity contribution in [2.45, 2.75) is 26.2 Å². The summed E-state index contributed by atoms with van der Waals surface area (Å²) in [4.78, 5) is 23.1. The molecule has 0 aliphatic rings. The number of anilines is 1. The van der Waals surface area contributed by atoms with Gasteiger partial charge in [-0.25, -0.2) is 0 Å². The molecule has 0 radical (unpaired) electrons. The number of carbonyl (C=O) groups is 2. The minimum atomic E-state index is -0.322. The summed E-state index contributed by atoms with van der Waals surface area (Å²) in [5, 5.41) is 5.30. The van der Waals surface area contributed by atoms with Crippen molar-refractivity contribution < 1.29 is 14.3 Å². The number of carbonyl (C=O) groups excluding carboxylic acids is 2. The molecule has 0 aliphatic heterocycles. The van der Waals surface area contributed by atoms with E-state index in [1.54, 1.807) is 7.11 Å². The van der Waals surface area contributed by atoms with Gasteiger partial charge in [0.05, 0.1) is 6.61 Å². The first-order chi connectivity index (χ1) is 9.52. The number of hydrogen-bond donors (Lipinski definition) is 2. The molecule has 0 saturated carbocycles. The van der Waals surface area contributed by atoms with Crippen molar-refractivity contribution in [2.75, 3.05) is 25.6 Å². The number of amides is 2. The molecule has 0 heterocycles. The van der Waals surface area contributed by atoms with Crippen molar-refractivity contribution in [1.82, 2.24) is 5.32 Å². The fourth-order valence-corrected chi connectivity index (χ4v) is 1.66. The van der Waals surface area contributed by atoms with Crippen LogP contribution in [-0.2, 0) is 14.3 Å². The van der Waals surface area contributed by atoms with Crippen LogP contribution in [0.1, 0.15) is 31.7 Å². The Morgan fingerprint density at radius 3 is 2.35 bits per heavy atom. The summed E-state index contributed by atoms with van der Waals surface area (Å²) in [6, 6.07) is 7.63. The standard InChI is InChI=1S/C15H22N2O3/c1-11(2)12-4-6-13(7-5-12)17-15(19)10-14(18)16-8-9-20-3/h4-7,11H,8-10H2,1-3H3,(H,16,18)(H,17,19). The highest BCUT2D eigenvalue weighted by molar-refractivity contribution is 6.03. The first-order valence-corrected chi connectivity index (χ1v) is 6.68. The molecular formula is C15H22N2O3. The normalized spacial score (nSPS) is 10.4. The van der Waals surface area contributed by atoms with Crippen LogP contribution < -0.4 is 10.6 Å². The molecule has 20 heavy (non-hydrogen) atoms. The van der Waals surface area contributed by atoms with Crippen LogP contribution in [-0.4, -0.2) is 32.1 Å². The molecule has 0 aliphatic carbocycles. The van der Waals surface area contributed by atoms with E-state index in [1.807, 2.05) is 24.3 Å². The van der Waals surface area contributed by atoms with Gasteiger partial charge in [0, 0.05) is 19.3 Å². The third-order valence-electron chi connectivity index (χ3n) is 2.81. The van der Waals surface area contributed by atoms with Crippen molar-refractivity contribution in [3.8, 4) is 0 Å². The summed E-state index contributed by atoms with van der Waals surface area (Å²) in [7, 11) is 1.56. The Labute approximate surface area is 119 Å². The monoisotopic (exact) mass is 278 g/mol. The summed E-state index contributed by atoms with van der Waals surface area (Å²) < 4.78 is 4.81. The lowest BCUT2D eigenvalue weighted by atomic mass is 10.0. The van der Waals surface area contributed by atoms with Gasteiger partial charge >= 0.3 is 0 Å². The highest BCUT2D eigenvalue weighted by Crippen LogP contribution is 2.17. The van der Waals surface area contributed by atoms with Gasteiger partial charge in [-0.2, -0.15) is 0 Å². The highest BCUT2D eigenvalue weighted by atomic mass is 16.5. The second-order valence-corrected chi connectivity index (χ2v) is 4.84. The zero-order valence-electron chi connectivity index (χ0n) is 12.2. The first-order valence-electron chi connectivity index (χ1n) is 6.68. The van der Waals surface area contributed by atoms with Crippen LogP contribution in [0.2, 0.25) is 0 Å². The van der Waals surface area contributed by atoms with E-state index in [0.717, 1.165) is 0 Å². The number of hydrogen-bond acceptors (Lipinski definition) is 3. The molecule has 0 unspecified atom stereocenters. The van der Waals surface area contributed by atoms with Crippen molar-refractivity contribution in [3.63, 3.8) is 0 Å². The number of rotatable bonds is 7. The van der Waals surface area contributed by atoms with E-state index in [-0.39, 0.29) is 18.2 Å². The van der Waals surface area contributed by atoms with Gasteiger partial charge in [-0.15, -0.1) is 0 Å². The average molecular weight is 278 g/mol. The Kier molecular flexibility index (Phi) is 6.73. The smallest absolute Gasteiger partial charge is 0.233 e. The van der Waals surface area contributed by atoms with Gasteiger partial charge in [-0.3, -0.25) is 9.59 Å². The largest absolute Gasteiger partial charge is 0.383 e. The van der Waals surface area contributed by atoms with E-state index in [4.69, 9.17) is 4.74 Å². The Morgan fingerprint density at radius 1 is 1.15 bits per heavy atom. The highest BCUT2D eigenvalue weighted by Gasteiger charge is 2.09. The number of nitrogens with one attached hydrogen (secondary N) is 2. The third-order valence-corrected chi connectivity index (χ3v) is 2.81. The minimum absolute atomic E-state index is 0.185. The Morgan fingerprint density at radius 2 is 1.80 bits per heavy atom. The molecule has 5 heteroatoms. The van der Waals surface area contributed by atoms with Crippen LogP contribution in [0.4, 0.5) is 5.69 Å². The van der Waals surface area contributed by atoms with Crippen LogP contribution >= 0.6 is 0 Å². The van der Waals surface area contributed by atoms with E-state index in [0.29, 0.717) is 24.8 Å². The maximum absolute atomic E-state index is 11.7. The van der Waals surface area contributed by atoms with Crippen molar-refractivity contribution in [2.24, 2.45) is 0 Å². The predicted octanol–water partition coefficient (Wildman–Crippen LogP) is 1.90. The number of benzene rings is 1. The van der Waals surface area contributed by atoms with Crippen molar-refractivity contribution in [1.29, 1.82) is 0 Å². The van der Waals surface area contributed by atoms with Crippen LogP contribution in [0.15, 0.2) is 24.3 Å². The lowest BCUT2D eigenvalue weighted by molar-refractivity contribution is -0.126. The molecule has 1 rings (SSSR count). The van der Waals surface area contributed by atoms with E-state index in [1.165, 1.54) is 5.56 Å². The second-order valence-electron chi connectivity index (χ2n) is 4.84. The zero-order chi connectivity index (χ0) is 15.0. The molecule has 2 N–H and O–H groups in total. The van der Waals surface area contributed by atoms with Gasteiger partial charge in [0.1, 0.15) is 6.42 Å². The molecular weight excluding hydrogens is 256 g/mol. The predicted molar refractivity (Wildman–Crippen MR) is 78.7 cm³/mol. The molecule has 0 aromatic heterocycles. The fourth-order valence-electron chi connectivity index (χ4n) is 1.66. The fraction of sp³-hybridized carbons (Fsp3) is 0.467. The van der Waals surface area contributed by atoms with E-state index in [2.05, 4.69) is 24.5 Å². The van der Waals surface area contributed by atoms with Gasteiger partial charge in [-0.1, -0.05) is 26.0 Å². The van der Waals surface area contributed by atoms with Crippen molar-refractivity contribution >= 4 is 17.5 Å². The minimum Gasteiger partial charge on any atom is -0.383 e. The Bertz CT molecular complexity index is 441. The van der Waals surface area contributed by atoms with E-state index >= 15 is 0 Å². The Balaban J connectivity index is 2.40. The molecule has 0 saturated heterocycles.